The van der Waals surface area contributed by atoms with Gasteiger partial charge in [0.2, 0.25) is 0 Å². The first-order chi connectivity index (χ1) is 29.7. The van der Waals surface area contributed by atoms with Crippen LogP contribution in [0.1, 0.15) is 0 Å². The second kappa shape index (κ2) is 13.8. The lowest BCUT2D eigenvalue weighted by Crippen LogP contribution is -2.13. The van der Waals surface area contributed by atoms with Crippen molar-refractivity contribution in [1.29, 1.82) is 0 Å². The van der Waals surface area contributed by atoms with Gasteiger partial charge in [0.15, 0.2) is 0 Å². The fourth-order valence-electron chi connectivity index (χ4n) is 9.00. The van der Waals surface area contributed by atoms with E-state index in [4.69, 9.17) is 8.83 Å². The van der Waals surface area contributed by atoms with Crippen LogP contribution in [0.2, 0.25) is 0 Å². The number of furan rings is 2. The average molecular weight is 769 g/mol. The van der Waals surface area contributed by atoms with Crippen molar-refractivity contribution in [3.63, 3.8) is 0 Å². The van der Waals surface area contributed by atoms with Crippen LogP contribution in [0.4, 0.5) is 34.1 Å². The number of para-hydroxylation sites is 3. The Bertz CT molecular complexity index is 3550. The summed E-state index contributed by atoms with van der Waals surface area (Å²) in [5.74, 6) is 0. The first-order valence-electron chi connectivity index (χ1n) is 20.3. The van der Waals surface area contributed by atoms with Gasteiger partial charge in [0.05, 0.1) is 11.1 Å². The first kappa shape index (κ1) is 34.0. The summed E-state index contributed by atoms with van der Waals surface area (Å²) in [5, 5.41) is 9.06. The van der Waals surface area contributed by atoms with E-state index < -0.39 is 0 Å². The van der Waals surface area contributed by atoms with Crippen LogP contribution in [-0.2, 0) is 0 Å². The Labute approximate surface area is 346 Å². The average Bonchev–Trinajstić information content (AvgIpc) is 3.88. The molecule has 0 atom stereocenters. The van der Waals surface area contributed by atoms with E-state index in [9.17, 15) is 0 Å². The van der Waals surface area contributed by atoms with Gasteiger partial charge in [0, 0.05) is 44.6 Å². The van der Waals surface area contributed by atoms with Gasteiger partial charge in [-0.1, -0.05) is 127 Å². The van der Waals surface area contributed by atoms with Crippen molar-refractivity contribution in [2.45, 2.75) is 0 Å². The van der Waals surface area contributed by atoms with E-state index in [2.05, 4.69) is 204 Å². The summed E-state index contributed by atoms with van der Waals surface area (Å²) in [6, 6.07) is 77.6. The van der Waals surface area contributed by atoms with Gasteiger partial charge >= 0.3 is 0 Å². The van der Waals surface area contributed by atoms with E-state index in [1.165, 1.54) is 27.3 Å². The topological polar surface area (TPSA) is 32.8 Å². The van der Waals surface area contributed by atoms with Crippen molar-refractivity contribution in [2.24, 2.45) is 0 Å². The maximum atomic E-state index is 6.49. The molecule has 282 valence electrons. The lowest BCUT2D eigenvalue weighted by Gasteiger charge is -2.30. The highest BCUT2D eigenvalue weighted by Crippen LogP contribution is 2.46. The number of hydrogen-bond donors (Lipinski definition) is 0. The number of anilines is 6. The molecule has 10 aromatic carbocycles. The van der Waals surface area contributed by atoms with Gasteiger partial charge in [-0.25, -0.2) is 0 Å². The Morgan fingerprint density at radius 3 is 1.62 bits per heavy atom. The third kappa shape index (κ3) is 5.61. The molecular weight excluding hydrogens is 733 g/mol. The highest BCUT2D eigenvalue weighted by atomic mass is 16.3. The van der Waals surface area contributed by atoms with Crippen LogP contribution < -0.4 is 9.80 Å². The molecule has 0 fully saturated rings. The third-order valence-electron chi connectivity index (χ3n) is 11.8. The SMILES string of the molecule is c1ccc(-c2ccc(N(c3ccccc3)c3cccc(N(c4ccc5ccc6cc7oc8ccccc8c7cc6c5c4)c4cccc5oc6ccccc6c45)c3)cc2)cc1. The molecule has 2 heterocycles. The molecule has 0 spiro atoms. The third-order valence-corrected chi connectivity index (χ3v) is 11.8. The summed E-state index contributed by atoms with van der Waals surface area (Å²) < 4.78 is 12.8. The number of fused-ring (bicyclic) bond motifs is 9. The van der Waals surface area contributed by atoms with Crippen LogP contribution in [0.25, 0.3) is 76.5 Å². The van der Waals surface area contributed by atoms with Crippen molar-refractivity contribution in [3.05, 3.63) is 218 Å². The molecule has 4 nitrogen and oxygen atoms in total. The minimum absolute atomic E-state index is 0.847. The van der Waals surface area contributed by atoms with Crippen LogP contribution in [0.3, 0.4) is 0 Å². The molecule has 0 saturated carbocycles. The van der Waals surface area contributed by atoms with Gasteiger partial charge in [-0.3, -0.25) is 0 Å². The van der Waals surface area contributed by atoms with Crippen LogP contribution in [0, 0.1) is 0 Å². The van der Waals surface area contributed by atoms with E-state index in [1.807, 2.05) is 24.3 Å². The zero-order valence-electron chi connectivity index (χ0n) is 32.5. The summed E-state index contributed by atoms with van der Waals surface area (Å²) in [4.78, 5) is 4.72. The molecule has 0 unspecified atom stereocenters. The molecule has 60 heavy (non-hydrogen) atoms. The van der Waals surface area contributed by atoms with Crippen molar-refractivity contribution < 1.29 is 8.83 Å². The number of nitrogens with zero attached hydrogens (tertiary/aromatic N) is 2. The first-order valence-corrected chi connectivity index (χ1v) is 20.3. The summed E-state index contributed by atoms with van der Waals surface area (Å²) in [6.45, 7) is 0. The van der Waals surface area contributed by atoms with Gasteiger partial charge in [-0.15, -0.1) is 0 Å². The highest BCUT2D eigenvalue weighted by molar-refractivity contribution is 6.18. The molecule has 0 aliphatic heterocycles. The van der Waals surface area contributed by atoms with Crippen LogP contribution in [0.15, 0.2) is 227 Å². The standard InChI is InChI=1S/C56H36N2O2/c1-3-13-37(14-4-1)38-27-30-42(31-28-38)57(41-15-5-2-6-16-41)43-17-11-18-44(34-43)58(51-21-12-24-54-56(51)47-20-8-10-23-53(47)59-54)45-32-29-39-25-26-40-33-55-50(36-49(40)48(39)35-45)46-19-7-9-22-52(46)60-55/h1-36H. The smallest absolute Gasteiger partial charge is 0.137 e. The molecule has 0 saturated heterocycles. The largest absolute Gasteiger partial charge is 0.456 e. The van der Waals surface area contributed by atoms with Gasteiger partial charge in [-0.2, -0.15) is 0 Å². The quantitative estimate of drug-likeness (QED) is 0.151. The Hall–Kier alpha value is -8.08. The molecule has 0 bridgehead atoms. The van der Waals surface area contributed by atoms with E-state index in [1.54, 1.807) is 0 Å². The molecule has 4 heteroatoms. The predicted molar refractivity (Wildman–Crippen MR) is 251 cm³/mol. The van der Waals surface area contributed by atoms with Gasteiger partial charge in [0.1, 0.15) is 22.3 Å². The molecule has 0 aliphatic carbocycles. The number of rotatable bonds is 7. The number of benzene rings is 10. The Kier molecular flexibility index (Phi) is 7.82. The maximum absolute atomic E-state index is 6.49. The molecule has 12 aromatic rings. The number of hydrogen-bond acceptors (Lipinski definition) is 4. The lowest BCUT2D eigenvalue weighted by atomic mass is 9.98. The normalized spacial score (nSPS) is 11.7. The predicted octanol–water partition coefficient (Wildman–Crippen LogP) is 16.4. The minimum Gasteiger partial charge on any atom is -0.456 e. The van der Waals surface area contributed by atoms with E-state index >= 15 is 0 Å². The van der Waals surface area contributed by atoms with Crippen LogP contribution >= 0.6 is 0 Å². The van der Waals surface area contributed by atoms with Gasteiger partial charge in [0.25, 0.3) is 0 Å². The van der Waals surface area contributed by atoms with Crippen molar-refractivity contribution >= 4 is 99.5 Å². The molecule has 0 aliphatic rings. The molecule has 2 aromatic heterocycles. The second-order valence-corrected chi connectivity index (χ2v) is 15.3. The molecule has 0 amide bonds. The maximum Gasteiger partial charge on any atom is 0.137 e. The molecular formula is C56H36N2O2. The van der Waals surface area contributed by atoms with Crippen LogP contribution in [0.5, 0.6) is 0 Å². The van der Waals surface area contributed by atoms with Gasteiger partial charge in [-0.05, 0) is 124 Å². The van der Waals surface area contributed by atoms with Gasteiger partial charge < -0.3 is 18.6 Å². The molecule has 0 radical (unpaired) electrons. The monoisotopic (exact) mass is 768 g/mol. The van der Waals surface area contributed by atoms with Crippen molar-refractivity contribution in [2.75, 3.05) is 9.80 Å². The summed E-state index contributed by atoms with van der Waals surface area (Å²) >= 11 is 0. The molecule has 0 N–H and O–H groups in total. The van der Waals surface area contributed by atoms with E-state index in [0.29, 0.717) is 0 Å². The van der Waals surface area contributed by atoms with E-state index in [-0.39, 0.29) is 0 Å². The summed E-state index contributed by atoms with van der Waals surface area (Å²) in [6.07, 6.45) is 0. The Morgan fingerprint density at radius 2 is 0.800 bits per heavy atom. The van der Waals surface area contributed by atoms with Crippen LogP contribution in [-0.4, -0.2) is 0 Å². The Balaban J connectivity index is 1.08. The fourth-order valence-corrected chi connectivity index (χ4v) is 9.00. The van der Waals surface area contributed by atoms with Crippen molar-refractivity contribution in [1.82, 2.24) is 0 Å². The lowest BCUT2D eigenvalue weighted by molar-refractivity contribution is 0.669. The minimum atomic E-state index is 0.847. The second-order valence-electron chi connectivity index (χ2n) is 15.3. The zero-order valence-corrected chi connectivity index (χ0v) is 32.5. The summed E-state index contributed by atoms with van der Waals surface area (Å²) in [7, 11) is 0. The highest BCUT2D eigenvalue weighted by Gasteiger charge is 2.22. The fraction of sp³-hybridized carbons (Fsp3) is 0. The summed E-state index contributed by atoms with van der Waals surface area (Å²) in [5.41, 5.74) is 12.2. The Morgan fingerprint density at radius 1 is 0.267 bits per heavy atom. The molecule has 12 rings (SSSR count). The van der Waals surface area contributed by atoms with Crippen molar-refractivity contribution in [3.8, 4) is 11.1 Å². The zero-order chi connectivity index (χ0) is 39.6. The van der Waals surface area contributed by atoms with E-state index in [0.717, 1.165) is 83.4 Å².